The Morgan fingerprint density at radius 1 is 0.694 bits per heavy atom. The summed E-state index contributed by atoms with van der Waals surface area (Å²) in [6.45, 7) is 23.5. The van der Waals surface area contributed by atoms with Crippen LogP contribution in [0.1, 0.15) is 133 Å². The largest absolute Gasteiger partial charge is 0.459 e. The minimum atomic E-state index is -0.252. The molecule has 1 heterocycles. The third-order valence-electron chi connectivity index (χ3n) is 16.6. The molecule has 2 fully saturated rings. The number of benzene rings is 2. The number of fused-ring (bicyclic) bond motifs is 6. The molecular formula is C64H80N4O4. The van der Waals surface area contributed by atoms with Gasteiger partial charge in [0.25, 0.3) is 11.8 Å². The number of aromatic nitrogens is 2. The van der Waals surface area contributed by atoms with Gasteiger partial charge in [0.05, 0.1) is 12.7 Å². The number of nitrogens with one attached hydrogen (secondary N) is 2. The van der Waals surface area contributed by atoms with Gasteiger partial charge in [-0.2, -0.15) is 0 Å². The quantitative estimate of drug-likeness (QED) is 0.165. The maximum absolute atomic E-state index is 13.4. The number of hydrogen-bond donors (Lipinski definition) is 2. The zero-order valence-electron chi connectivity index (χ0n) is 44.8. The van der Waals surface area contributed by atoms with Crippen LogP contribution in [-0.4, -0.2) is 40.6 Å². The number of nitrogens with zero attached hydrogens (tertiary/aromatic N) is 2. The number of anilines is 2. The van der Waals surface area contributed by atoms with E-state index in [1.54, 1.807) is 35.2 Å². The van der Waals surface area contributed by atoms with Gasteiger partial charge in [-0.1, -0.05) is 152 Å². The van der Waals surface area contributed by atoms with Crippen LogP contribution in [0.4, 0.5) is 11.4 Å². The Morgan fingerprint density at radius 3 is 1.85 bits per heavy atom. The fourth-order valence-electron chi connectivity index (χ4n) is 12.7. The van der Waals surface area contributed by atoms with E-state index in [2.05, 4.69) is 126 Å². The minimum Gasteiger partial charge on any atom is -0.459 e. The summed E-state index contributed by atoms with van der Waals surface area (Å²) in [7, 11) is 0. The summed E-state index contributed by atoms with van der Waals surface area (Å²) in [5.74, 6) is 1.68. The molecule has 5 unspecified atom stereocenters. The standard InChI is InChI=1S/C34H45NO2.C30H35N3O2/c1-7-11-25(20-23(2)3)22-37-31-21-26(33(36)35-27-12-9-8-10-13-27)14-15-30-29(31)17-19-34(6)18-16-28(24(4)5)32(30)34;1-20(2)23-13-14-29(3)15-16-30(4)24(26(23)29)12-11-21(27(34)33-22-9-6-5-7-10-22)19-25(30)35-28-31-17-8-18-32-28/h7-15,20,23-24,29,31H,16-19,21-22H2,1-6H3,(H,35,36);5-12,17-18,20,25H,13-16,19H2,1-4H3,(H,33,34)/b11-7-,25-20+;/t;25?,29?,30-/m.1/s1. The van der Waals surface area contributed by atoms with Gasteiger partial charge in [0.2, 0.25) is 0 Å². The lowest BCUT2D eigenvalue weighted by Gasteiger charge is -2.48. The SMILES string of the molecule is C/C=C\C(=C/C(C)C)COC1CC(C(=O)Nc2ccccc2)=CC=C2C3=C(C(C)C)CCC3(C)CCC21.CC(C)C1=C2C3=CC=C(C(=O)Nc4ccccc4)CC(Oc4ncccn4)[C@]3(C)CCC2(C)CC1. The molecule has 8 heteroatoms. The van der Waals surface area contributed by atoms with Gasteiger partial charge >= 0.3 is 6.01 Å². The second-order valence-electron chi connectivity index (χ2n) is 22.9. The van der Waals surface area contributed by atoms with Gasteiger partial charge in [0.15, 0.2) is 0 Å². The van der Waals surface area contributed by atoms with Crippen molar-refractivity contribution in [1.29, 1.82) is 0 Å². The third-order valence-corrected chi connectivity index (χ3v) is 16.6. The Kier molecular flexibility index (Phi) is 16.4. The smallest absolute Gasteiger partial charge is 0.316 e. The van der Waals surface area contributed by atoms with Crippen LogP contribution >= 0.6 is 0 Å². The highest BCUT2D eigenvalue weighted by Crippen LogP contribution is 2.62. The summed E-state index contributed by atoms with van der Waals surface area (Å²) in [6.07, 6.45) is 28.5. The van der Waals surface area contributed by atoms with Crippen LogP contribution in [0.3, 0.4) is 0 Å². The molecule has 0 aliphatic heterocycles. The van der Waals surface area contributed by atoms with E-state index < -0.39 is 0 Å². The van der Waals surface area contributed by atoms with Crippen molar-refractivity contribution in [3.63, 3.8) is 0 Å². The summed E-state index contributed by atoms with van der Waals surface area (Å²) in [5, 5.41) is 6.17. The molecule has 3 aromatic rings. The second kappa shape index (κ2) is 22.5. The van der Waals surface area contributed by atoms with Crippen molar-refractivity contribution in [2.75, 3.05) is 17.2 Å². The zero-order valence-corrected chi connectivity index (χ0v) is 44.8. The molecular weight excluding hydrogens is 889 g/mol. The van der Waals surface area contributed by atoms with Gasteiger partial charge in [-0.15, -0.1) is 0 Å². The summed E-state index contributed by atoms with van der Waals surface area (Å²) in [4.78, 5) is 35.5. The average molecular weight is 969 g/mol. The first-order valence-corrected chi connectivity index (χ1v) is 26.9. The number of hydrogen-bond acceptors (Lipinski definition) is 6. The van der Waals surface area contributed by atoms with Crippen LogP contribution in [0.2, 0.25) is 0 Å². The fourth-order valence-corrected chi connectivity index (χ4v) is 12.7. The average Bonchev–Trinajstić information content (AvgIpc) is 3.79. The molecule has 2 N–H and O–H groups in total. The van der Waals surface area contributed by atoms with Crippen LogP contribution in [0.25, 0.3) is 0 Å². The van der Waals surface area contributed by atoms with Gasteiger partial charge in [-0.05, 0) is 145 Å². The van der Waals surface area contributed by atoms with Crippen molar-refractivity contribution in [2.45, 2.75) is 146 Å². The van der Waals surface area contributed by atoms with Crippen LogP contribution < -0.4 is 15.4 Å². The Balaban J connectivity index is 0.000000193. The third kappa shape index (κ3) is 11.5. The number of allylic oxidation sites excluding steroid dienone is 10. The number of carbonyl (C=O) groups excluding carboxylic acids is 2. The molecule has 6 aliphatic carbocycles. The van der Waals surface area contributed by atoms with E-state index in [4.69, 9.17) is 9.47 Å². The van der Waals surface area contributed by atoms with Crippen LogP contribution in [-0.2, 0) is 14.3 Å². The number of para-hydroxylation sites is 2. The normalized spacial score (nSPS) is 27.1. The monoisotopic (exact) mass is 969 g/mol. The van der Waals surface area contributed by atoms with Crippen molar-refractivity contribution < 1.29 is 19.1 Å². The minimum absolute atomic E-state index is 0.0334. The zero-order chi connectivity index (χ0) is 51.2. The van der Waals surface area contributed by atoms with Gasteiger partial charge < -0.3 is 20.1 Å². The van der Waals surface area contributed by atoms with E-state index in [9.17, 15) is 9.59 Å². The van der Waals surface area contributed by atoms with Gasteiger partial charge in [0, 0.05) is 59.1 Å². The molecule has 6 aliphatic rings. The van der Waals surface area contributed by atoms with Gasteiger partial charge in [0.1, 0.15) is 6.10 Å². The lowest BCUT2D eigenvalue weighted by molar-refractivity contribution is -0.114. The Bertz CT molecular complexity index is 2700. The van der Waals surface area contributed by atoms with Crippen molar-refractivity contribution in [3.05, 3.63) is 172 Å². The van der Waals surface area contributed by atoms with E-state index in [-0.39, 0.29) is 40.3 Å². The summed E-state index contributed by atoms with van der Waals surface area (Å²) >= 11 is 0. The Labute approximate surface area is 431 Å². The first-order chi connectivity index (χ1) is 34.5. The maximum atomic E-state index is 13.4. The molecule has 6 atom stereocenters. The predicted molar refractivity (Wildman–Crippen MR) is 294 cm³/mol. The number of ether oxygens (including phenoxy) is 2. The van der Waals surface area contributed by atoms with Crippen LogP contribution in [0.15, 0.2) is 172 Å². The van der Waals surface area contributed by atoms with Gasteiger partial charge in [-0.25, -0.2) is 9.97 Å². The van der Waals surface area contributed by atoms with E-state index in [1.165, 1.54) is 48.0 Å². The van der Waals surface area contributed by atoms with Crippen molar-refractivity contribution in [3.8, 4) is 6.01 Å². The lowest BCUT2D eigenvalue weighted by atomic mass is 9.57. The predicted octanol–water partition coefficient (Wildman–Crippen LogP) is 15.3. The van der Waals surface area contributed by atoms with E-state index in [1.807, 2.05) is 66.7 Å². The van der Waals surface area contributed by atoms with Crippen LogP contribution in [0.5, 0.6) is 6.01 Å². The molecule has 2 aromatic carbocycles. The van der Waals surface area contributed by atoms with E-state index in [0.717, 1.165) is 42.6 Å². The molecule has 9 rings (SSSR count). The summed E-state index contributed by atoms with van der Waals surface area (Å²) in [5.41, 5.74) is 13.5. The molecule has 2 amide bonds. The molecule has 0 radical (unpaired) electrons. The highest BCUT2D eigenvalue weighted by atomic mass is 16.5. The summed E-state index contributed by atoms with van der Waals surface area (Å²) in [6, 6.07) is 21.5. The molecule has 0 saturated heterocycles. The first kappa shape index (κ1) is 52.5. The molecule has 380 valence electrons. The van der Waals surface area contributed by atoms with E-state index in [0.29, 0.717) is 54.7 Å². The summed E-state index contributed by atoms with van der Waals surface area (Å²) < 4.78 is 13.3. The highest BCUT2D eigenvalue weighted by Gasteiger charge is 2.53. The Morgan fingerprint density at radius 2 is 1.26 bits per heavy atom. The number of rotatable bonds is 13. The number of carbonyl (C=O) groups is 2. The molecule has 1 aromatic heterocycles. The lowest BCUT2D eigenvalue weighted by Crippen LogP contribution is -2.45. The number of amides is 2. The topological polar surface area (TPSA) is 102 Å². The van der Waals surface area contributed by atoms with Crippen molar-refractivity contribution in [1.82, 2.24) is 9.97 Å². The molecule has 72 heavy (non-hydrogen) atoms. The molecule has 0 spiro atoms. The molecule has 2 saturated carbocycles. The maximum Gasteiger partial charge on any atom is 0.316 e. The molecule has 8 nitrogen and oxygen atoms in total. The van der Waals surface area contributed by atoms with Crippen LogP contribution in [0, 0.1) is 39.9 Å². The van der Waals surface area contributed by atoms with E-state index >= 15 is 0 Å². The van der Waals surface area contributed by atoms with Crippen molar-refractivity contribution in [2.24, 2.45) is 39.9 Å². The highest BCUT2D eigenvalue weighted by molar-refractivity contribution is 6.04. The van der Waals surface area contributed by atoms with Crippen molar-refractivity contribution >= 4 is 23.2 Å². The fraction of sp³-hybridized carbons (Fsp3) is 0.469. The Hall–Kier alpha value is -5.86. The first-order valence-electron chi connectivity index (χ1n) is 26.9. The van der Waals surface area contributed by atoms with Gasteiger partial charge in [-0.3, -0.25) is 9.59 Å². The molecule has 0 bridgehead atoms. The second-order valence-corrected chi connectivity index (χ2v) is 22.9.